The molecule has 0 saturated carbocycles. The molecule has 0 bridgehead atoms. The van der Waals surface area contributed by atoms with Gasteiger partial charge in [0.1, 0.15) is 17.3 Å². The highest BCUT2D eigenvalue weighted by Crippen LogP contribution is 2.32. The number of imidazole rings is 1. The number of alkyl halides is 3. The molecule has 2 aromatic heterocycles. The van der Waals surface area contributed by atoms with Crippen LogP contribution in [0.5, 0.6) is 11.5 Å². The maximum Gasteiger partial charge on any atom is 0.414 e. The first-order valence-corrected chi connectivity index (χ1v) is 11.1. The van der Waals surface area contributed by atoms with Gasteiger partial charge >= 0.3 is 6.18 Å². The number of fused-ring (bicyclic) bond motifs is 1. The number of benzene rings is 2. The number of halogens is 3. The molecule has 1 fully saturated rings. The van der Waals surface area contributed by atoms with Gasteiger partial charge < -0.3 is 14.8 Å². The topological polar surface area (TPSA) is 90.1 Å². The van der Waals surface area contributed by atoms with E-state index in [0.717, 1.165) is 28.1 Å². The summed E-state index contributed by atoms with van der Waals surface area (Å²) < 4.78 is 44.2. The summed E-state index contributed by atoms with van der Waals surface area (Å²) in [6.45, 7) is 1.48. The Morgan fingerprint density at radius 1 is 1.06 bits per heavy atom. The lowest BCUT2D eigenvalue weighted by molar-refractivity contribution is -0.223. The van der Waals surface area contributed by atoms with E-state index in [-0.39, 0.29) is 0 Å². The molecule has 0 aliphatic carbocycles. The van der Waals surface area contributed by atoms with Crippen molar-refractivity contribution in [2.75, 3.05) is 13.1 Å². The summed E-state index contributed by atoms with van der Waals surface area (Å²) >= 11 is 0. The van der Waals surface area contributed by atoms with Crippen molar-refractivity contribution in [3.63, 3.8) is 0 Å². The zero-order valence-corrected chi connectivity index (χ0v) is 18.2. The van der Waals surface area contributed by atoms with Gasteiger partial charge in [0, 0.05) is 12.3 Å². The van der Waals surface area contributed by atoms with Crippen molar-refractivity contribution in [1.82, 2.24) is 25.1 Å². The standard InChI is InChI=1S/C24H24F3N5O2/c25-24(26,27)23(33)16-8-11-32(12-9-16)14-22-29-20-6-5-18(13-21(20)30-22)34-17-3-1-15(2-4-17)19-7-10-28-31-19/h1-7,10,13,16,23,33H,8-9,11-12,14H2,(H,28,31)(H,29,30). The third-order valence-electron chi connectivity index (χ3n) is 6.19. The molecule has 0 radical (unpaired) electrons. The van der Waals surface area contributed by atoms with Crippen LogP contribution in [0.3, 0.4) is 0 Å². The van der Waals surface area contributed by atoms with Gasteiger partial charge in [0.05, 0.1) is 23.3 Å². The van der Waals surface area contributed by atoms with Crippen molar-refractivity contribution in [3.05, 3.63) is 60.6 Å². The van der Waals surface area contributed by atoms with Gasteiger partial charge in [-0.2, -0.15) is 18.3 Å². The van der Waals surface area contributed by atoms with Crippen LogP contribution < -0.4 is 4.74 Å². The minimum absolute atomic E-state index is 0.304. The molecule has 4 aromatic rings. The van der Waals surface area contributed by atoms with Gasteiger partial charge in [-0.05, 0) is 79.9 Å². The molecule has 7 nitrogen and oxygen atoms in total. The van der Waals surface area contributed by atoms with Crippen molar-refractivity contribution in [3.8, 4) is 22.8 Å². The van der Waals surface area contributed by atoms with Crippen LogP contribution in [-0.4, -0.2) is 55.5 Å². The van der Waals surface area contributed by atoms with Gasteiger partial charge in [0.15, 0.2) is 6.10 Å². The predicted molar refractivity (Wildman–Crippen MR) is 120 cm³/mol. The molecule has 10 heteroatoms. The van der Waals surface area contributed by atoms with Crippen LogP contribution in [-0.2, 0) is 6.54 Å². The first kappa shape index (κ1) is 22.4. The number of piperidine rings is 1. The van der Waals surface area contributed by atoms with Gasteiger partial charge in [0.2, 0.25) is 0 Å². The minimum Gasteiger partial charge on any atom is -0.457 e. The van der Waals surface area contributed by atoms with Crippen LogP contribution in [0.15, 0.2) is 54.7 Å². The number of aromatic nitrogens is 4. The third kappa shape index (κ3) is 4.92. The number of hydrogen-bond acceptors (Lipinski definition) is 5. The number of aromatic amines is 2. The van der Waals surface area contributed by atoms with E-state index < -0.39 is 18.2 Å². The summed E-state index contributed by atoms with van der Waals surface area (Å²) in [5, 5.41) is 16.4. The largest absolute Gasteiger partial charge is 0.457 e. The van der Waals surface area contributed by atoms with Crippen LogP contribution in [0.2, 0.25) is 0 Å². The van der Waals surface area contributed by atoms with Crippen LogP contribution in [0.1, 0.15) is 18.7 Å². The second-order valence-electron chi connectivity index (χ2n) is 8.56. The van der Waals surface area contributed by atoms with Gasteiger partial charge in [-0.3, -0.25) is 10.00 Å². The van der Waals surface area contributed by atoms with Crippen LogP contribution in [0.4, 0.5) is 13.2 Å². The molecule has 5 rings (SSSR count). The summed E-state index contributed by atoms with van der Waals surface area (Å²) in [5.74, 6) is 1.36. The Kier molecular flexibility index (Phi) is 6.01. The molecule has 0 amide bonds. The fourth-order valence-corrected chi connectivity index (χ4v) is 4.34. The quantitative estimate of drug-likeness (QED) is 0.373. The van der Waals surface area contributed by atoms with Crippen molar-refractivity contribution in [2.24, 2.45) is 5.92 Å². The highest BCUT2D eigenvalue weighted by molar-refractivity contribution is 5.77. The number of nitrogens with one attached hydrogen (secondary N) is 2. The highest BCUT2D eigenvalue weighted by atomic mass is 19.4. The number of hydrogen-bond donors (Lipinski definition) is 3. The van der Waals surface area contributed by atoms with E-state index in [4.69, 9.17) is 4.74 Å². The summed E-state index contributed by atoms with van der Waals surface area (Å²) in [6.07, 6.45) is -4.50. The van der Waals surface area contributed by atoms with Gasteiger partial charge in [-0.15, -0.1) is 0 Å². The Labute approximate surface area is 193 Å². The van der Waals surface area contributed by atoms with Gasteiger partial charge in [0.25, 0.3) is 0 Å². The monoisotopic (exact) mass is 471 g/mol. The Morgan fingerprint density at radius 3 is 2.47 bits per heavy atom. The average Bonchev–Trinajstić information content (AvgIpc) is 3.49. The van der Waals surface area contributed by atoms with Crippen LogP contribution in [0, 0.1) is 5.92 Å². The van der Waals surface area contributed by atoms with Crippen molar-refractivity contribution < 1.29 is 23.0 Å². The van der Waals surface area contributed by atoms with Gasteiger partial charge in [-0.25, -0.2) is 4.98 Å². The summed E-state index contributed by atoms with van der Waals surface area (Å²) in [5.41, 5.74) is 3.55. The molecule has 34 heavy (non-hydrogen) atoms. The first-order chi connectivity index (χ1) is 16.3. The third-order valence-corrected chi connectivity index (χ3v) is 6.19. The normalized spacial score (nSPS) is 16.7. The summed E-state index contributed by atoms with van der Waals surface area (Å²) in [4.78, 5) is 9.93. The zero-order valence-electron chi connectivity index (χ0n) is 18.2. The Bertz CT molecular complexity index is 1230. The maximum atomic E-state index is 12.7. The molecule has 2 aromatic carbocycles. The van der Waals surface area contributed by atoms with Crippen LogP contribution >= 0.6 is 0 Å². The average molecular weight is 471 g/mol. The number of rotatable bonds is 6. The number of ether oxygens (including phenoxy) is 1. The lowest BCUT2D eigenvalue weighted by atomic mass is 9.91. The highest BCUT2D eigenvalue weighted by Gasteiger charge is 2.44. The zero-order chi connectivity index (χ0) is 23.7. The molecular formula is C24H24F3N5O2. The Morgan fingerprint density at radius 2 is 1.79 bits per heavy atom. The molecule has 3 heterocycles. The fourth-order valence-electron chi connectivity index (χ4n) is 4.34. The molecule has 1 aliphatic rings. The first-order valence-electron chi connectivity index (χ1n) is 11.1. The van der Waals surface area contributed by atoms with Crippen molar-refractivity contribution >= 4 is 11.0 Å². The Balaban J connectivity index is 1.20. The van der Waals surface area contributed by atoms with E-state index in [1.807, 2.05) is 48.5 Å². The second kappa shape index (κ2) is 9.11. The molecule has 1 aliphatic heterocycles. The number of H-pyrrole nitrogens is 2. The molecule has 1 saturated heterocycles. The molecule has 0 spiro atoms. The van der Waals surface area contributed by atoms with E-state index in [9.17, 15) is 18.3 Å². The summed E-state index contributed by atoms with van der Waals surface area (Å²) in [7, 11) is 0. The van der Waals surface area contributed by atoms with E-state index >= 15 is 0 Å². The molecule has 1 atom stereocenters. The molecule has 1 unspecified atom stereocenters. The maximum absolute atomic E-state index is 12.7. The van der Waals surface area contributed by atoms with E-state index in [1.165, 1.54) is 0 Å². The van der Waals surface area contributed by atoms with E-state index in [0.29, 0.717) is 44.0 Å². The number of nitrogens with zero attached hydrogens (tertiary/aromatic N) is 3. The number of aliphatic hydroxyl groups excluding tert-OH is 1. The predicted octanol–water partition coefficient (Wildman–Crippen LogP) is 4.88. The van der Waals surface area contributed by atoms with Gasteiger partial charge in [-0.1, -0.05) is 0 Å². The van der Waals surface area contributed by atoms with Crippen LogP contribution in [0.25, 0.3) is 22.3 Å². The molecule has 3 N–H and O–H groups in total. The van der Waals surface area contributed by atoms with E-state index in [2.05, 4.69) is 25.1 Å². The lowest BCUT2D eigenvalue weighted by Crippen LogP contribution is -2.43. The minimum atomic E-state index is -4.56. The van der Waals surface area contributed by atoms with Crippen molar-refractivity contribution in [2.45, 2.75) is 31.7 Å². The lowest BCUT2D eigenvalue weighted by Gasteiger charge is -2.34. The fraction of sp³-hybridized carbons (Fsp3) is 0.333. The molecular weight excluding hydrogens is 447 g/mol. The SMILES string of the molecule is OC(C1CCN(Cc2nc3ccc(Oc4ccc(-c5ccn[nH]5)cc4)cc3[nH]2)CC1)C(F)(F)F. The second-order valence-corrected chi connectivity index (χ2v) is 8.56. The van der Waals surface area contributed by atoms with Crippen molar-refractivity contribution in [1.29, 1.82) is 0 Å². The van der Waals surface area contributed by atoms with E-state index in [1.54, 1.807) is 6.20 Å². The Hall–Kier alpha value is -3.37. The summed E-state index contributed by atoms with van der Waals surface area (Å²) in [6, 6.07) is 15.2. The number of aliphatic hydroxyl groups is 1. The smallest absolute Gasteiger partial charge is 0.414 e. The molecule has 178 valence electrons. The number of likely N-dealkylation sites (tertiary alicyclic amines) is 1.